The first kappa shape index (κ1) is 25.6. The second-order valence-electron chi connectivity index (χ2n) is 4.27. The monoisotopic (exact) mass is 479 g/mol. The molecule has 6 N–H and O–H groups in total. The third-order valence-electron chi connectivity index (χ3n) is 2.68. The molecule has 135 valence electrons. The van der Waals surface area contributed by atoms with Crippen LogP contribution in [0.15, 0.2) is 33.2 Å². The lowest BCUT2D eigenvalue weighted by Gasteiger charge is -2.03. The molecule has 3 radical (unpaired) electrons. The number of rotatable bonds is 2. The molecule has 0 saturated carbocycles. The fraction of sp³-hybridized carbons (Fsp3) is 0.133. The van der Waals surface area contributed by atoms with Crippen molar-refractivity contribution in [2.75, 3.05) is 11.5 Å². The van der Waals surface area contributed by atoms with Gasteiger partial charge in [-0.3, -0.25) is 0 Å². The number of carboxylic acid groups (broad SMARTS) is 1. The lowest BCUT2D eigenvalue weighted by molar-refractivity contribution is 0.0697. The molecule has 2 aromatic rings. The van der Waals surface area contributed by atoms with E-state index < -0.39 is 17.6 Å². The summed E-state index contributed by atoms with van der Waals surface area (Å²) in [6.45, 7) is -0.248. The van der Waals surface area contributed by atoms with Crippen molar-refractivity contribution < 1.29 is 23.8 Å². The normalized spacial score (nSPS) is 9.16. The first-order valence-electron chi connectivity index (χ1n) is 5.99. The highest BCUT2D eigenvalue weighted by Gasteiger charge is 2.12. The first-order valence-corrected chi connectivity index (χ1v) is 7.58. The number of hydrogen-bond acceptors (Lipinski definition) is 4. The summed E-state index contributed by atoms with van der Waals surface area (Å²) in [5.41, 5.74) is 10.3. The summed E-state index contributed by atoms with van der Waals surface area (Å²) in [6, 6.07) is 5.20. The predicted octanol–water partition coefficient (Wildman–Crippen LogP) is 3.79. The lowest BCUT2D eigenvalue weighted by Crippen LogP contribution is -2.04. The lowest BCUT2D eigenvalue weighted by atomic mass is 10.2. The van der Waals surface area contributed by atoms with E-state index in [0.29, 0.717) is 14.5 Å². The van der Waals surface area contributed by atoms with Gasteiger partial charge in [-0.2, -0.15) is 0 Å². The van der Waals surface area contributed by atoms with E-state index in [9.17, 15) is 13.6 Å². The molecule has 0 saturated heterocycles. The van der Waals surface area contributed by atoms with Crippen LogP contribution in [-0.4, -0.2) is 24.6 Å². The average molecular weight is 481 g/mol. The second-order valence-corrected chi connectivity index (χ2v) is 6.10. The molecule has 5 nitrogen and oxygen atoms in total. The van der Waals surface area contributed by atoms with E-state index >= 15 is 0 Å². The average Bonchev–Trinajstić information content (AvgIpc) is 2.47. The van der Waals surface area contributed by atoms with Crippen LogP contribution in [0.4, 0.5) is 20.2 Å². The number of benzene rings is 2. The Morgan fingerprint density at radius 2 is 1.44 bits per heavy atom. The highest BCUT2D eigenvalue weighted by atomic mass is 79.9. The van der Waals surface area contributed by atoms with Crippen molar-refractivity contribution in [3.05, 3.63) is 56.0 Å². The topological polar surface area (TPSA) is 110 Å². The van der Waals surface area contributed by atoms with Gasteiger partial charge in [0.05, 0.1) is 23.5 Å². The number of carbonyl (C=O) groups is 1. The fourth-order valence-electron chi connectivity index (χ4n) is 1.53. The van der Waals surface area contributed by atoms with Gasteiger partial charge in [0, 0.05) is 22.9 Å². The molecule has 0 spiro atoms. The molecular weight excluding hydrogens is 465 g/mol. The van der Waals surface area contributed by atoms with Crippen LogP contribution < -0.4 is 11.5 Å². The first-order chi connectivity index (χ1) is 10.7. The predicted molar refractivity (Wildman–Crippen MR) is 102 cm³/mol. The molecule has 10 heteroatoms. The van der Waals surface area contributed by atoms with Crippen LogP contribution in [0.3, 0.4) is 0 Å². The summed E-state index contributed by atoms with van der Waals surface area (Å²) < 4.78 is 26.5. The van der Waals surface area contributed by atoms with Crippen molar-refractivity contribution in [2.45, 2.75) is 14.0 Å². The largest absolute Gasteiger partial charge is 0.478 e. The second kappa shape index (κ2) is 11.1. The Bertz CT molecular complexity index is 749. The van der Waals surface area contributed by atoms with Crippen LogP contribution in [0.5, 0.6) is 0 Å². The standard InChI is InChI=1S/C7H5BrFNO2.C7H7BrFNO.CH4.B/c8-3-1-4(7(11)12)6(10)5(9)2-3;8-5-1-4(3-11)7(10)6(9)2-5;;/h1-2H,10H2,(H,11,12);1-2,11H,3,10H2;1H4;. The molecule has 0 fully saturated rings. The summed E-state index contributed by atoms with van der Waals surface area (Å²) >= 11 is 6.04. The molecule has 0 aliphatic carbocycles. The van der Waals surface area contributed by atoms with E-state index in [1.165, 1.54) is 12.1 Å². The molecule has 0 aliphatic heterocycles. The Morgan fingerprint density at radius 3 is 1.88 bits per heavy atom. The molecule has 0 amide bonds. The molecule has 2 rings (SSSR count). The zero-order valence-electron chi connectivity index (χ0n) is 12.1. The maximum Gasteiger partial charge on any atom is 0.337 e. The van der Waals surface area contributed by atoms with Gasteiger partial charge in [-0.1, -0.05) is 39.3 Å². The summed E-state index contributed by atoms with van der Waals surface area (Å²) in [4.78, 5) is 10.5. The van der Waals surface area contributed by atoms with Crippen molar-refractivity contribution in [3.8, 4) is 0 Å². The Kier molecular flexibility index (Phi) is 11.3. The van der Waals surface area contributed by atoms with Gasteiger partial charge < -0.3 is 21.7 Å². The minimum atomic E-state index is -1.24. The van der Waals surface area contributed by atoms with Crippen LogP contribution in [0.2, 0.25) is 0 Å². The zero-order valence-corrected chi connectivity index (χ0v) is 15.2. The van der Waals surface area contributed by atoms with Gasteiger partial charge in [-0.25, -0.2) is 13.6 Å². The molecule has 0 aromatic heterocycles. The van der Waals surface area contributed by atoms with Crippen LogP contribution in [0.1, 0.15) is 23.3 Å². The number of halogens is 4. The number of aliphatic hydroxyl groups excluding tert-OH is 1. The molecule has 0 unspecified atom stereocenters. The van der Waals surface area contributed by atoms with Gasteiger partial charge in [0.15, 0.2) is 0 Å². The van der Waals surface area contributed by atoms with E-state index in [1.54, 1.807) is 6.07 Å². The Labute approximate surface area is 162 Å². The molecular formula is C15H16BBr2F2N2O3. The number of anilines is 2. The van der Waals surface area contributed by atoms with E-state index in [-0.39, 0.29) is 39.4 Å². The van der Waals surface area contributed by atoms with Gasteiger partial charge in [-0.15, -0.1) is 0 Å². The minimum absolute atomic E-state index is 0. The van der Waals surface area contributed by atoms with Gasteiger partial charge in [0.1, 0.15) is 11.6 Å². The molecule has 2 aromatic carbocycles. The van der Waals surface area contributed by atoms with Crippen molar-refractivity contribution in [1.82, 2.24) is 0 Å². The van der Waals surface area contributed by atoms with Gasteiger partial charge >= 0.3 is 5.97 Å². The van der Waals surface area contributed by atoms with Crippen molar-refractivity contribution in [2.24, 2.45) is 0 Å². The van der Waals surface area contributed by atoms with Crippen LogP contribution >= 0.6 is 31.9 Å². The Morgan fingerprint density at radius 1 is 1.00 bits per heavy atom. The zero-order chi connectivity index (χ0) is 17.7. The fourth-order valence-corrected chi connectivity index (χ4v) is 2.44. The van der Waals surface area contributed by atoms with Crippen molar-refractivity contribution in [1.29, 1.82) is 0 Å². The van der Waals surface area contributed by atoms with Crippen LogP contribution in [-0.2, 0) is 6.61 Å². The highest BCUT2D eigenvalue weighted by Crippen LogP contribution is 2.23. The number of nitrogen functional groups attached to an aromatic ring is 2. The molecule has 0 atom stereocenters. The molecule has 0 heterocycles. The maximum absolute atomic E-state index is 12.8. The minimum Gasteiger partial charge on any atom is -0.478 e. The van der Waals surface area contributed by atoms with Crippen LogP contribution in [0, 0.1) is 11.6 Å². The van der Waals surface area contributed by atoms with E-state index in [1.807, 2.05) is 0 Å². The van der Waals surface area contributed by atoms with Crippen molar-refractivity contribution >= 4 is 57.6 Å². The molecule has 0 aliphatic rings. The summed E-state index contributed by atoms with van der Waals surface area (Å²) in [5.74, 6) is -2.49. The number of nitrogens with two attached hydrogens (primary N) is 2. The third-order valence-corrected chi connectivity index (χ3v) is 3.59. The smallest absolute Gasteiger partial charge is 0.337 e. The van der Waals surface area contributed by atoms with Gasteiger partial charge in [0.25, 0.3) is 0 Å². The number of hydrogen-bond donors (Lipinski definition) is 4. The summed E-state index contributed by atoms with van der Waals surface area (Å²) in [6.07, 6.45) is 0. The molecule has 25 heavy (non-hydrogen) atoms. The van der Waals surface area contributed by atoms with Gasteiger partial charge in [-0.05, 0) is 24.3 Å². The Hall–Kier alpha value is -1.65. The van der Waals surface area contributed by atoms with Crippen molar-refractivity contribution in [3.63, 3.8) is 0 Å². The van der Waals surface area contributed by atoms with E-state index in [0.717, 1.165) is 6.07 Å². The summed E-state index contributed by atoms with van der Waals surface area (Å²) in [7, 11) is 0. The van der Waals surface area contributed by atoms with E-state index in [2.05, 4.69) is 31.9 Å². The quantitative estimate of drug-likeness (QED) is 0.386. The van der Waals surface area contributed by atoms with Gasteiger partial charge in [0.2, 0.25) is 0 Å². The van der Waals surface area contributed by atoms with E-state index in [4.69, 9.17) is 21.7 Å². The number of aliphatic hydroxyl groups is 1. The van der Waals surface area contributed by atoms with Crippen LogP contribution in [0.25, 0.3) is 0 Å². The number of carboxylic acids is 1. The number of aromatic carboxylic acids is 1. The summed E-state index contributed by atoms with van der Waals surface area (Å²) in [5, 5.41) is 17.2. The third kappa shape index (κ3) is 7.01. The maximum atomic E-state index is 12.8. The SMILES string of the molecule is C.Nc1c(F)cc(Br)cc1C(=O)O.Nc1c(F)cc(Br)cc1CO.[B]. The highest BCUT2D eigenvalue weighted by molar-refractivity contribution is 9.10. The molecule has 0 bridgehead atoms. The Balaban J connectivity index is 0.